The van der Waals surface area contributed by atoms with Gasteiger partial charge in [0.15, 0.2) is 0 Å². The molecule has 0 spiro atoms. The highest BCUT2D eigenvalue weighted by Crippen LogP contribution is 2.46. The third-order valence-electron chi connectivity index (χ3n) is 6.90. The van der Waals surface area contributed by atoms with Gasteiger partial charge in [-0.3, -0.25) is 4.98 Å². The van der Waals surface area contributed by atoms with Crippen LogP contribution in [0.25, 0.3) is 11.3 Å². The molecule has 0 saturated heterocycles. The van der Waals surface area contributed by atoms with Gasteiger partial charge in [0.2, 0.25) is 0 Å². The third kappa shape index (κ3) is 4.44. The fourth-order valence-corrected chi connectivity index (χ4v) is 3.75. The normalized spacial score (nSPS) is 18.2. The Labute approximate surface area is 177 Å². The average Bonchev–Trinajstić information content (AvgIpc) is 2.63. The summed E-state index contributed by atoms with van der Waals surface area (Å²) < 4.78 is 5.84. The molecule has 29 heavy (non-hydrogen) atoms. The lowest BCUT2D eigenvalue weighted by molar-refractivity contribution is -0.0893. The molecule has 4 heteroatoms. The van der Waals surface area contributed by atoms with Crippen LogP contribution in [-0.2, 0) is 15.5 Å². The minimum Gasteiger partial charge on any atom is -0.427 e. The molecule has 0 unspecified atom stereocenters. The molecular weight excluding hydrogens is 357 g/mol. The van der Waals surface area contributed by atoms with Gasteiger partial charge in [0.05, 0.1) is 16.9 Å². The predicted molar refractivity (Wildman–Crippen MR) is 122 cm³/mol. The maximum absolute atomic E-state index is 10.2. The van der Waals surface area contributed by atoms with E-state index < -0.39 is 11.2 Å². The van der Waals surface area contributed by atoms with E-state index in [2.05, 4.69) is 50.9 Å². The highest BCUT2D eigenvalue weighted by atomic mass is 16.5. The molecule has 0 fully saturated rings. The van der Waals surface area contributed by atoms with E-state index in [-0.39, 0.29) is 10.8 Å². The summed E-state index contributed by atoms with van der Waals surface area (Å²) in [5.74, 6) is 0. The van der Waals surface area contributed by atoms with Crippen molar-refractivity contribution in [3.63, 3.8) is 0 Å². The summed E-state index contributed by atoms with van der Waals surface area (Å²) in [6.07, 6.45) is 4.24. The summed E-state index contributed by atoms with van der Waals surface area (Å²) in [6, 6.07) is 10.9. The molecule has 1 aliphatic carbocycles. The molecular formula is C25H35BNO2. The monoisotopic (exact) mass is 392 g/mol. The lowest BCUT2D eigenvalue weighted by Crippen LogP contribution is -2.49. The maximum Gasteiger partial charge on any atom is 0.332 e. The number of aromatic nitrogens is 1. The number of hydrogen-bond acceptors (Lipinski definition) is 3. The Hall–Kier alpha value is -1.65. The Bertz CT molecular complexity index is 877. The van der Waals surface area contributed by atoms with Crippen LogP contribution in [0.4, 0.5) is 0 Å². The molecule has 3 rings (SSSR count). The Morgan fingerprint density at radius 1 is 0.931 bits per heavy atom. The van der Waals surface area contributed by atoms with E-state index in [0.29, 0.717) is 0 Å². The van der Waals surface area contributed by atoms with Gasteiger partial charge >= 0.3 is 7.48 Å². The zero-order valence-electron chi connectivity index (χ0n) is 19.3. The number of pyridine rings is 1. The Morgan fingerprint density at radius 2 is 1.55 bits per heavy atom. The van der Waals surface area contributed by atoms with Crippen LogP contribution in [0.3, 0.4) is 0 Å². The van der Waals surface area contributed by atoms with Gasteiger partial charge in [-0.25, -0.2) is 0 Å². The van der Waals surface area contributed by atoms with E-state index >= 15 is 0 Å². The van der Waals surface area contributed by atoms with E-state index in [0.717, 1.165) is 16.7 Å². The first-order valence-corrected chi connectivity index (χ1v) is 10.6. The van der Waals surface area contributed by atoms with Gasteiger partial charge in [-0.15, -0.1) is 0 Å². The van der Waals surface area contributed by atoms with E-state index in [9.17, 15) is 5.11 Å². The zero-order chi connectivity index (χ0) is 21.7. The summed E-state index contributed by atoms with van der Waals surface area (Å²) in [5, 5.41) is 10.2. The van der Waals surface area contributed by atoms with Crippen molar-refractivity contribution < 1.29 is 9.76 Å². The van der Waals surface area contributed by atoms with Gasteiger partial charge in [-0.1, -0.05) is 45.9 Å². The van der Waals surface area contributed by atoms with Crippen molar-refractivity contribution in [2.75, 3.05) is 0 Å². The first-order valence-electron chi connectivity index (χ1n) is 10.6. The van der Waals surface area contributed by atoms with Crippen molar-refractivity contribution in [3.05, 3.63) is 47.7 Å². The van der Waals surface area contributed by atoms with Crippen molar-refractivity contribution in [2.45, 2.75) is 90.3 Å². The summed E-state index contributed by atoms with van der Waals surface area (Å²) in [5.41, 5.74) is 4.67. The largest absolute Gasteiger partial charge is 0.427 e. The quantitative estimate of drug-likeness (QED) is 0.736. The highest BCUT2D eigenvalue weighted by Gasteiger charge is 2.37. The fourth-order valence-electron chi connectivity index (χ4n) is 3.75. The molecule has 0 saturated carbocycles. The number of hydrogen-bond donors (Lipinski definition) is 1. The Kier molecular flexibility index (Phi) is 5.51. The van der Waals surface area contributed by atoms with Crippen LogP contribution < -0.4 is 5.46 Å². The third-order valence-corrected chi connectivity index (χ3v) is 6.90. The lowest BCUT2D eigenvalue weighted by atomic mass is 9.63. The number of aliphatic hydroxyl groups is 1. The minimum absolute atomic E-state index is 0.186. The molecule has 1 aliphatic rings. The molecule has 2 aromatic rings. The second-order valence-corrected chi connectivity index (χ2v) is 10.8. The maximum atomic E-state index is 10.2. The van der Waals surface area contributed by atoms with E-state index in [1.807, 2.05) is 32.2 Å². The second kappa shape index (κ2) is 7.25. The van der Waals surface area contributed by atoms with E-state index in [1.165, 1.54) is 24.0 Å². The highest BCUT2D eigenvalue weighted by molar-refractivity contribution is 6.46. The molecule has 1 N–H and O–H groups in total. The van der Waals surface area contributed by atoms with Gasteiger partial charge in [-0.05, 0) is 80.1 Å². The van der Waals surface area contributed by atoms with Crippen LogP contribution in [0.2, 0.25) is 0 Å². The van der Waals surface area contributed by atoms with Crippen molar-refractivity contribution in [2.24, 2.45) is 0 Å². The van der Waals surface area contributed by atoms with Crippen molar-refractivity contribution in [1.82, 2.24) is 4.98 Å². The van der Waals surface area contributed by atoms with Gasteiger partial charge in [0, 0.05) is 11.8 Å². The smallest absolute Gasteiger partial charge is 0.332 e. The fraction of sp³-hybridized carbons (Fsp3) is 0.560. The zero-order valence-corrected chi connectivity index (χ0v) is 19.3. The standard InChI is InChI=1S/C25H35BNO2/c1-22(2)13-14-23(3,4)20-15-17(9-11-19(20)22)21-12-10-18(16-27-21)26-29-25(7,8)24(5,6)28/h9-12,15-16,28H,13-14H2,1-8H3. The van der Waals surface area contributed by atoms with Gasteiger partial charge in [0.25, 0.3) is 0 Å². The van der Waals surface area contributed by atoms with Crippen LogP contribution >= 0.6 is 0 Å². The predicted octanol–water partition coefficient (Wildman–Crippen LogP) is 4.91. The summed E-state index contributed by atoms with van der Waals surface area (Å²) in [7, 11) is 1.67. The van der Waals surface area contributed by atoms with Crippen LogP contribution in [0.15, 0.2) is 36.5 Å². The van der Waals surface area contributed by atoms with Crippen molar-refractivity contribution in [1.29, 1.82) is 0 Å². The Balaban J connectivity index is 1.82. The van der Waals surface area contributed by atoms with Crippen molar-refractivity contribution in [3.8, 4) is 11.3 Å². The Morgan fingerprint density at radius 3 is 2.10 bits per heavy atom. The van der Waals surface area contributed by atoms with Crippen LogP contribution in [0.5, 0.6) is 0 Å². The van der Waals surface area contributed by atoms with E-state index in [1.54, 1.807) is 21.3 Å². The number of fused-ring (bicyclic) bond motifs is 1. The molecule has 1 radical (unpaired) electrons. The van der Waals surface area contributed by atoms with Crippen molar-refractivity contribution >= 4 is 12.9 Å². The van der Waals surface area contributed by atoms with Crippen LogP contribution in [-0.4, -0.2) is 28.8 Å². The number of rotatable bonds is 5. The summed E-state index contributed by atoms with van der Waals surface area (Å²) in [4.78, 5) is 4.67. The average molecular weight is 392 g/mol. The van der Waals surface area contributed by atoms with Gasteiger partial charge in [0.1, 0.15) is 0 Å². The molecule has 1 aromatic carbocycles. The summed E-state index contributed by atoms with van der Waals surface area (Å²) >= 11 is 0. The topological polar surface area (TPSA) is 42.4 Å². The first-order chi connectivity index (χ1) is 13.2. The number of benzene rings is 1. The molecule has 1 heterocycles. The SMILES string of the molecule is CC1(C)CCC(C)(C)c2cc(-c3ccc([B]OC(C)(C)C(C)(C)O)cn3)ccc21. The van der Waals surface area contributed by atoms with Gasteiger partial charge < -0.3 is 9.76 Å². The van der Waals surface area contributed by atoms with Gasteiger partial charge in [-0.2, -0.15) is 0 Å². The minimum atomic E-state index is -0.944. The molecule has 0 atom stereocenters. The first kappa shape index (κ1) is 22.0. The van der Waals surface area contributed by atoms with Crippen LogP contribution in [0, 0.1) is 0 Å². The van der Waals surface area contributed by atoms with Crippen LogP contribution in [0.1, 0.15) is 79.4 Å². The van der Waals surface area contributed by atoms with E-state index in [4.69, 9.17) is 4.65 Å². The molecule has 0 amide bonds. The molecule has 0 aliphatic heterocycles. The molecule has 1 aromatic heterocycles. The number of nitrogens with zero attached hydrogens (tertiary/aromatic N) is 1. The lowest BCUT2D eigenvalue weighted by Gasteiger charge is -2.42. The molecule has 155 valence electrons. The molecule has 3 nitrogen and oxygen atoms in total. The molecule has 0 bridgehead atoms. The summed E-state index contributed by atoms with van der Waals surface area (Å²) in [6.45, 7) is 16.6. The second-order valence-electron chi connectivity index (χ2n) is 10.8.